The molecule has 1 amide bonds. The van der Waals surface area contributed by atoms with Gasteiger partial charge in [0.15, 0.2) is 0 Å². The second kappa shape index (κ2) is 5.60. The molecule has 18 heavy (non-hydrogen) atoms. The number of amides is 1. The fraction of sp³-hybridized carbons (Fsp3) is 0.933. The number of hydrogen-bond donors (Lipinski definition) is 1. The van der Waals surface area contributed by atoms with Gasteiger partial charge in [-0.05, 0) is 31.6 Å². The number of hydrogen-bond acceptors (Lipinski definition) is 2. The van der Waals surface area contributed by atoms with Crippen molar-refractivity contribution in [3.63, 3.8) is 0 Å². The molecule has 0 aromatic rings. The van der Waals surface area contributed by atoms with E-state index in [-0.39, 0.29) is 11.7 Å². The predicted molar refractivity (Wildman–Crippen MR) is 74.2 cm³/mol. The Morgan fingerprint density at radius 2 is 2.06 bits per heavy atom. The van der Waals surface area contributed by atoms with Gasteiger partial charge < -0.3 is 4.90 Å². The average molecular weight is 252 g/mol. The molecule has 1 heterocycles. The Balaban J connectivity index is 2.09. The van der Waals surface area contributed by atoms with E-state index in [0.29, 0.717) is 11.8 Å². The first-order valence-electron chi connectivity index (χ1n) is 7.68. The molecule has 1 spiro atoms. The van der Waals surface area contributed by atoms with Gasteiger partial charge in [-0.1, -0.05) is 40.0 Å². The normalized spacial score (nSPS) is 26.8. The van der Waals surface area contributed by atoms with Crippen molar-refractivity contribution in [2.45, 2.75) is 77.4 Å². The van der Waals surface area contributed by atoms with Crippen LogP contribution in [0.3, 0.4) is 0 Å². The summed E-state index contributed by atoms with van der Waals surface area (Å²) in [4.78, 5) is 14.8. The largest absolute Gasteiger partial charge is 0.326 e. The van der Waals surface area contributed by atoms with E-state index in [0.717, 1.165) is 38.6 Å². The van der Waals surface area contributed by atoms with Crippen LogP contribution in [-0.2, 0) is 4.79 Å². The summed E-state index contributed by atoms with van der Waals surface area (Å²) in [5, 5.41) is 3.68. The number of unbranched alkanes of at least 4 members (excludes halogenated alkanes) is 1. The smallest absolute Gasteiger partial charge is 0.244 e. The highest BCUT2D eigenvalue weighted by atomic mass is 16.2. The first-order chi connectivity index (χ1) is 8.59. The molecule has 0 radical (unpaired) electrons. The zero-order valence-electron chi connectivity index (χ0n) is 12.2. The van der Waals surface area contributed by atoms with E-state index in [2.05, 4.69) is 31.0 Å². The molecule has 1 saturated carbocycles. The maximum atomic E-state index is 12.7. The Hall–Kier alpha value is -0.570. The van der Waals surface area contributed by atoms with E-state index in [1.807, 2.05) is 0 Å². The van der Waals surface area contributed by atoms with Crippen LogP contribution in [0, 0.1) is 5.92 Å². The van der Waals surface area contributed by atoms with Crippen molar-refractivity contribution in [3.05, 3.63) is 0 Å². The topological polar surface area (TPSA) is 32.3 Å². The monoisotopic (exact) mass is 252 g/mol. The number of nitrogens with zero attached hydrogens (tertiary/aromatic N) is 1. The summed E-state index contributed by atoms with van der Waals surface area (Å²) in [5.41, 5.74) is -0.187. The summed E-state index contributed by atoms with van der Waals surface area (Å²) in [6.07, 6.45) is 8.14. The number of carbonyl (C=O) groups excluding carboxylic acids is 1. The van der Waals surface area contributed by atoms with Crippen molar-refractivity contribution >= 4 is 5.91 Å². The molecule has 3 heteroatoms. The van der Waals surface area contributed by atoms with Crippen molar-refractivity contribution in [2.24, 2.45) is 5.92 Å². The SMILES string of the molecule is CCCCN1C(=O)C2(CCCC2)NC1CC(C)C. The Kier molecular flexibility index (Phi) is 4.31. The lowest BCUT2D eigenvalue weighted by Gasteiger charge is -2.25. The van der Waals surface area contributed by atoms with Gasteiger partial charge in [0.1, 0.15) is 0 Å². The van der Waals surface area contributed by atoms with Crippen LogP contribution < -0.4 is 5.32 Å². The molecule has 3 nitrogen and oxygen atoms in total. The standard InChI is InChI=1S/C15H28N2O/c1-4-5-10-17-13(11-12(2)3)16-15(14(17)18)8-6-7-9-15/h12-13,16H,4-11H2,1-3H3. The lowest BCUT2D eigenvalue weighted by atomic mass is 9.98. The fourth-order valence-electron chi connectivity index (χ4n) is 3.43. The summed E-state index contributed by atoms with van der Waals surface area (Å²) in [6, 6.07) is 0. The van der Waals surface area contributed by atoms with E-state index in [1.54, 1.807) is 0 Å². The zero-order valence-corrected chi connectivity index (χ0v) is 12.2. The van der Waals surface area contributed by atoms with Gasteiger partial charge in [0, 0.05) is 6.54 Å². The molecule has 0 bridgehead atoms. The Bertz CT molecular complexity index is 295. The summed E-state index contributed by atoms with van der Waals surface area (Å²) >= 11 is 0. The highest BCUT2D eigenvalue weighted by Crippen LogP contribution is 2.37. The number of rotatable bonds is 5. The molecule has 1 aliphatic carbocycles. The minimum absolute atomic E-state index is 0.187. The van der Waals surface area contributed by atoms with E-state index in [1.165, 1.54) is 12.8 Å². The quantitative estimate of drug-likeness (QED) is 0.816. The average Bonchev–Trinajstić information content (AvgIpc) is 2.86. The first kappa shape index (κ1) is 13.9. The molecule has 104 valence electrons. The van der Waals surface area contributed by atoms with Crippen LogP contribution in [0.1, 0.15) is 65.7 Å². The summed E-state index contributed by atoms with van der Waals surface area (Å²) in [6.45, 7) is 7.60. The van der Waals surface area contributed by atoms with Gasteiger partial charge in [0.2, 0.25) is 5.91 Å². The van der Waals surface area contributed by atoms with Gasteiger partial charge in [0.05, 0.1) is 11.7 Å². The number of carbonyl (C=O) groups is 1. The second-order valence-corrected chi connectivity index (χ2v) is 6.43. The van der Waals surface area contributed by atoms with Crippen LogP contribution in [-0.4, -0.2) is 29.1 Å². The first-order valence-corrected chi connectivity index (χ1v) is 7.68. The Morgan fingerprint density at radius 3 is 2.61 bits per heavy atom. The molecular formula is C15H28N2O. The zero-order chi connectivity index (χ0) is 13.2. The van der Waals surface area contributed by atoms with Crippen LogP contribution in [0.15, 0.2) is 0 Å². The van der Waals surface area contributed by atoms with Crippen molar-refractivity contribution in [2.75, 3.05) is 6.54 Å². The maximum absolute atomic E-state index is 12.7. The van der Waals surface area contributed by atoms with Crippen molar-refractivity contribution in [1.29, 1.82) is 0 Å². The predicted octanol–water partition coefficient (Wildman–Crippen LogP) is 2.90. The molecular weight excluding hydrogens is 224 g/mol. The fourth-order valence-corrected chi connectivity index (χ4v) is 3.43. The molecule has 2 fully saturated rings. The molecule has 0 aromatic carbocycles. The highest BCUT2D eigenvalue weighted by Gasteiger charge is 2.51. The summed E-state index contributed by atoms with van der Waals surface area (Å²) < 4.78 is 0. The van der Waals surface area contributed by atoms with Gasteiger partial charge in [-0.15, -0.1) is 0 Å². The van der Waals surface area contributed by atoms with Gasteiger partial charge >= 0.3 is 0 Å². The molecule has 1 N–H and O–H groups in total. The highest BCUT2D eigenvalue weighted by molar-refractivity contribution is 5.89. The second-order valence-electron chi connectivity index (χ2n) is 6.43. The summed E-state index contributed by atoms with van der Waals surface area (Å²) in [7, 11) is 0. The third-order valence-corrected chi connectivity index (χ3v) is 4.39. The van der Waals surface area contributed by atoms with Gasteiger partial charge in [0.25, 0.3) is 0 Å². The van der Waals surface area contributed by atoms with Crippen LogP contribution in [0.2, 0.25) is 0 Å². The van der Waals surface area contributed by atoms with Crippen LogP contribution in [0.4, 0.5) is 0 Å². The van der Waals surface area contributed by atoms with Gasteiger partial charge in [-0.25, -0.2) is 0 Å². The van der Waals surface area contributed by atoms with Crippen LogP contribution in [0.5, 0.6) is 0 Å². The number of nitrogens with one attached hydrogen (secondary N) is 1. The molecule has 2 rings (SSSR count). The van der Waals surface area contributed by atoms with Crippen LogP contribution >= 0.6 is 0 Å². The minimum Gasteiger partial charge on any atom is -0.326 e. The molecule has 1 saturated heterocycles. The van der Waals surface area contributed by atoms with Crippen molar-refractivity contribution in [1.82, 2.24) is 10.2 Å². The lowest BCUT2D eigenvalue weighted by Crippen LogP contribution is -2.44. The Labute approximate surface area is 111 Å². The van der Waals surface area contributed by atoms with E-state index in [9.17, 15) is 4.79 Å². The van der Waals surface area contributed by atoms with Crippen molar-refractivity contribution < 1.29 is 4.79 Å². The third-order valence-electron chi connectivity index (χ3n) is 4.39. The van der Waals surface area contributed by atoms with Gasteiger partial charge in [-0.3, -0.25) is 10.1 Å². The minimum atomic E-state index is -0.187. The molecule has 1 unspecified atom stereocenters. The summed E-state index contributed by atoms with van der Waals surface area (Å²) in [5.74, 6) is 1.02. The Morgan fingerprint density at radius 1 is 1.39 bits per heavy atom. The van der Waals surface area contributed by atoms with E-state index >= 15 is 0 Å². The van der Waals surface area contributed by atoms with Gasteiger partial charge in [-0.2, -0.15) is 0 Å². The molecule has 2 aliphatic rings. The van der Waals surface area contributed by atoms with E-state index in [4.69, 9.17) is 0 Å². The lowest BCUT2D eigenvalue weighted by molar-refractivity contribution is -0.133. The van der Waals surface area contributed by atoms with E-state index < -0.39 is 0 Å². The molecule has 1 aliphatic heterocycles. The molecule has 0 aromatic heterocycles. The molecule has 1 atom stereocenters. The third kappa shape index (κ3) is 2.56. The van der Waals surface area contributed by atoms with Crippen LogP contribution in [0.25, 0.3) is 0 Å². The maximum Gasteiger partial charge on any atom is 0.244 e. The van der Waals surface area contributed by atoms with Crippen molar-refractivity contribution in [3.8, 4) is 0 Å².